The molecule has 3 aromatic rings. The van der Waals surface area contributed by atoms with E-state index in [-0.39, 0.29) is 18.9 Å². The average molecular weight is 473 g/mol. The molecule has 1 unspecified atom stereocenters. The van der Waals surface area contributed by atoms with E-state index in [1.54, 1.807) is 30.3 Å². The third kappa shape index (κ3) is 5.35. The van der Waals surface area contributed by atoms with Crippen LogP contribution in [0.5, 0.6) is 0 Å². The van der Waals surface area contributed by atoms with Crippen molar-refractivity contribution in [2.24, 2.45) is 0 Å². The predicted molar refractivity (Wildman–Crippen MR) is 132 cm³/mol. The SMILES string of the molecule is CCCC(NC(=O)[C@H](NC(=O)OCC1c2ccccc2-c2ccccc21)c1ccccc1)C(=O)O. The summed E-state index contributed by atoms with van der Waals surface area (Å²) in [6.45, 7) is 1.95. The number of amides is 2. The lowest BCUT2D eigenvalue weighted by Crippen LogP contribution is -2.47. The van der Waals surface area contributed by atoms with Crippen LogP contribution >= 0.6 is 0 Å². The number of benzene rings is 3. The van der Waals surface area contributed by atoms with E-state index in [9.17, 15) is 19.5 Å². The van der Waals surface area contributed by atoms with Gasteiger partial charge in [0.15, 0.2) is 0 Å². The second-order valence-electron chi connectivity index (χ2n) is 8.50. The zero-order valence-corrected chi connectivity index (χ0v) is 19.4. The number of aliphatic carboxylic acids is 1. The van der Waals surface area contributed by atoms with Gasteiger partial charge in [0.25, 0.3) is 0 Å². The number of carboxylic acid groups (broad SMARTS) is 1. The summed E-state index contributed by atoms with van der Waals surface area (Å²) in [5, 5.41) is 14.6. The molecular formula is C28H28N2O5. The molecule has 1 aliphatic rings. The number of hydrogen-bond acceptors (Lipinski definition) is 4. The Bertz CT molecular complexity index is 1170. The Morgan fingerprint density at radius 1 is 0.857 bits per heavy atom. The number of hydrogen-bond donors (Lipinski definition) is 3. The summed E-state index contributed by atoms with van der Waals surface area (Å²) in [5.74, 6) is -1.84. The van der Waals surface area contributed by atoms with Crippen LogP contribution in [-0.4, -0.2) is 35.7 Å². The molecule has 1 aliphatic carbocycles. The van der Waals surface area contributed by atoms with E-state index in [1.165, 1.54) is 0 Å². The van der Waals surface area contributed by atoms with Crippen LogP contribution in [0.1, 0.15) is 48.4 Å². The fourth-order valence-corrected chi connectivity index (χ4v) is 4.50. The van der Waals surface area contributed by atoms with Gasteiger partial charge in [-0.25, -0.2) is 9.59 Å². The summed E-state index contributed by atoms with van der Waals surface area (Å²) in [6.07, 6.45) is 0.124. The standard InChI is InChI=1S/C28H28N2O5/c1-2-10-24(27(32)33)29-26(31)25(18-11-4-3-5-12-18)30-28(34)35-17-23-21-15-8-6-13-19(21)20-14-7-9-16-22(20)23/h3-9,11-16,23-25H,2,10,17H2,1H3,(H,29,31)(H,30,34)(H,32,33)/t24?,25-/m1/s1. The Morgan fingerprint density at radius 3 is 2.00 bits per heavy atom. The summed E-state index contributed by atoms with van der Waals surface area (Å²) in [6, 6.07) is 22.6. The second-order valence-corrected chi connectivity index (χ2v) is 8.50. The maximum absolute atomic E-state index is 13.0. The summed E-state index contributed by atoms with van der Waals surface area (Å²) >= 11 is 0. The molecular weight excluding hydrogens is 444 g/mol. The van der Waals surface area contributed by atoms with E-state index in [0.717, 1.165) is 22.3 Å². The lowest BCUT2D eigenvalue weighted by molar-refractivity contribution is -0.142. The van der Waals surface area contributed by atoms with Gasteiger partial charge in [-0.05, 0) is 34.2 Å². The predicted octanol–water partition coefficient (Wildman–Crippen LogP) is 4.64. The Hall–Kier alpha value is -4.13. The number of alkyl carbamates (subject to hydrolysis) is 1. The third-order valence-corrected chi connectivity index (χ3v) is 6.19. The van der Waals surface area contributed by atoms with Crippen LogP contribution in [0.3, 0.4) is 0 Å². The van der Waals surface area contributed by atoms with Gasteiger partial charge in [-0.1, -0.05) is 92.2 Å². The number of carboxylic acids is 1. The zero-order valence-electron chi connectivity index (χ0n) is 19.4. The normalized spacial score (nSPS) is 13.7. The Kier molecular flexibility index (Phi) is 7.45. The number of ether oxygens (including phenoxy) is 1. The molecule has 0 heterocycles. The fraction of sp³-hybridized carbons (Fsp3) is 0.250. The number of carbonyl (C=O) groups excluding carboxylic acids is 2. The zero-order chi connectivity index (χ0) is 24.8. The van der Waals surface area contributed by atoms with Crippen molar-refractivity contribution >= 4 is 18.0 Å². The molecule has 2 atom stereocenters. The molecule has 0 aliphatic heterocycles. The molecule has 0 saturated carbocycles. The van der Waals surface area contributed by atoms with Gasteiger partial charge in [0.1, 0.15) is 18.7 Å². The van der Waals surface area contributed by atoms with Crippen molar-refractivity contribution in [2.45, 2.75) is 37.8 Å². The Balaban J connectivity index is 1.48. The first-order valence-corrected chi connectivity index (χ1v) is 11.7. The van der Waals surface area contributed by atoms with Gasteiger partial charge in [0, 0.05) is 5.92 Å². The summed E-state index contributed by atoms with van der Waals surface area (Å²) in [4.78, 5) is 37.4. The number of carbonyl (C=O) groups is 3. The van der Waals surface area contributed by atoms with Crippen molar-refractivity contribution in [3.8, 4) is 11.1 Å². The molecule has 0 saturated heterocycles. The summed E-state index contributed by atoms with van der Waals surface area (Å²) < 4.78 is 5.60. The van der Waals surface area contributed by atoms with E-state index in [4.69, 9.17) is 4.74 Å². The number of rotatable bonds is 9. The molecule has 0 spiro atoms. The molecule has 3 aromatic carbocycles. The molecule has 35 heavy (non-hydrogen) atoms. The molecule has 0 radical (unpaired) electrons. The van der Waals surface area contributed by atoms with Crippen molar-refractivity contribution in [3.63, 3.8) is 0 Å². The van der Waals surface area contributed by atoms with Gasteiger partial charge in [0.2, 0.25) is 5.91 Å². The molecule has 0 bridgehead atoms. The minimum atomic E-state index is -1.12. The molecule has 7 heteroatoms. The third-order valence-electron chi connectivity index (χ3n) is 6.19. The van der Waals surface area contributed by atoms with Gasteiger partial charge in [-0.3, -0.25) is 4.79 Å². The highest BCUT2D eigenvalue weighted by Gasteiger charge is 2.31. The largest absolute Gasteiger partial charge is 0.480 e. The molecule has 0 aromatic heterocycles. The summed E-state index contributed by atoms with van der Waals surface area (Å²) in [7, 11) is 0. The van der Waals surface area contributed by atoms with E-state index >= 15 is 0 Å². The van der Waals surface area contributed by atoms with Crippen molar-refractivity contribution in [2.75, 3.05) is 6.61 Å². The summed E-state index contributed by atoms with van der Waals surface area (Å²) in [5.41, 5.74) is 4.94. The quantitative estimate of drug-likeness (QED) is 0.421. The molecule has 7 nitrogen and oxygen atoms in total. The second kappa shape index (κ2) is 10.9. The van der Waals surface area contributed by atoms with Crippen molar-refractivity contribution in [1.82, 2.24) is 10.6 Å². The molecule has 3 N–H and O–H groups in total. The van der Waals surface area contributed by atoms with E-state index < -0.39 is 30.1 Å². The van der Waals surface area contributed by atoms with Crippen molar-refractivity contribution < 1.29 is 24.2 Å². The van der Waals surface area contributed by atoms with E-state index in [0.29, 0.717) is 12.0 Å². The first kappa shape index (κ1) is 24.0. The van der Waals surface area contributed by atoms with Crippen LogP contribution in [0.4, 0.5) is 4.79 Å². The Morgan fingerprint density at radius 2 is 1.43 bits per heavy atom. The minimum absolute atomic E-state index is 0.108. The lowest BCUT2D eigenvalue weighted by atomic mass is 9.98. The van der Waals surface area contributed by atoms with Gasteiger partial charge in [-0.2, -0.15) is 0 Å². The molecule has 4 rings (SSSR count). The average Bonchev–Trinajstić information content (AvgIpc) is 3.20. The van der Waals surface area contributed by atoms with Gasteiger partial charge in [-0.15, -0.1) is 0 Å². The van der Waals surface area contributed by atoms with Crippen LogP contribution in [0, 0.1) is 0 Å². The monoisotopic (exact) mass is 472 g/mol. The first-order valence-electron chi connectivity index (χ1n) is 11.7. The highest BCUT2D eigenvalue weighted by Crippen LogP contribution is 2.44. The molecule has 2 amide bonds. The van der Waals surface area contributed by atoms with Gasteiger partial charge < -0.3 is 20.5 Å². The molecule has 0 fully saturated rings. The van der Waals surface area contributed by atoms with Crippen LogP contribution in [0.2, 0.25) is 0 Å². The van der Waals surface area contributed by atoms with Crippen LogP contribution in [-0.2, 0) is 14.3 Å². The molecule has 180 valence electrons. The fourth-order valence-electron chi connectivity index (χ4n) is 4.50. The smallest absolute Gasteiger partial charge is 0.408 e. The van der Waals surface area contributed by atoms with Crippen molar-refractivity contribution in [3.05, 3.63) is 95.6 Å². The van der Waals surface area contributed by atoms with Crippen LogP contribution in [0.25, 0.3) is 11.1 Å². The van der Waals surface area contributed by atoms with Gasteiger partial charge in [0.05, 0.1) is 0 Å². The number of fused-ring (bicyclic) bond motifs is 3. The van der Waals surface area contributed by atoms with Crippen molar-refractivity contribution in [1.29, 1.82) is 0 Å². The lowest BCUT2D eigenvalue weighted by Gasteiger charge is -2.22. The van der Waals surface area contributed by atoms with Crippen LogP contribution in [0.15, 0.2) is 78.9 Å². The highest BCUT2D eigenvalue weighted by molar-refractivity contribution is 5.90. The van der Waals surface area contributed by atoms with Crippen LogP contribution < -0.4 is 10.6 Å². The first-order chi connectivity index (χ1) is 17.0. The minimum Gasteiger partial charge on any atom is -0.480 e. The van der Waals surface area contributed by atoms with Gasteiger partial charge >= 0.3 is 12.1 Å². The van der Waals surface area contributed by atoms with E-state index in [1.807, 2.05) is 43.3 Å². The topological polar surface area (TPSA) is 105 Å². The maximum Gasteiger partial charge on any atom is 0.408 e. The Labute approximate surface area is 204 Å². The number of nitrogens with one attached hydrogen (secondary N) is 2. The highest BCUT2D eigenvalue weighted by atomic mass is 16.5. The van der Waals surface area contributed by atoms with E-state index in [2.05, 4.69) is 22.8 Å². The maximum atomic E-state index is 13.0.